The number of carbonyl (C=O) groups excluding carboxylic acids is 1. The van der Waals surface area contributed by atoms with E-state index in [9.17, 15) is 4.79 Å². The van der Waals surface area contributed by atoms with E-state index in [1.54, 1.807) is 18.2 Å². The lowest BCUT2D eigenvalue weighted by Gasteiger charge is -1.96. The van der Waals surface area contributed by atoms with Crippen molar-refractivity contribution in [3.63, 3.8) is 0 Å². The second-order valence-corrected chi connectivity index (χ2v) is 3.30. The minimum Gasteiger partial charge on any atom is -0.458 e. The summed E-state index contributed by atoms with van der Waals surface area (Å²) in [6, 6.07) is 7.11. The molecule has 5 nitrogen and oxygen atoms in total. The van der Waals surface area contributed by atoms with Crippen molar-refractivity contribution in [1.82, 2.24) is 10.2 Å². The number of hydrogen-bond acceptors (Lipinski definition) is 5. The minimum absolute atomic E-state index is 0.0407. The molecule has 2 rings (SSSR count). The zero-order chi connectivity index (χ0) is 11.4. The quantitative estimate of drug-likeness (QED) is 0.763. The van der Waals surface area contributed by atoms with Gasteiger partial charge >= 0.3 is 0 Å². The average molecular weight is 239 g/mol. The molecule has 16 heavy (non-hydrogen) atoms. The lowest BCUT2D eigenvalue weighted by atomic mass is 10.2. The molecule has 0 spiro atoms. The molecule has 0 aliphatic heterocycles. The van der Waals surface area contributed by atoms with Crippen molar-refractivity contribution in [2.75, 3.05) is 0 Å². The maximum atomic E-state index is 9.98. The minimum atomic E-state index is -0.0407. The molecule has 1 heterocycles. The summed E-state index contributed by atoms with van der Waals surface area (Å²) in [4.78, 5) is 9.98. The fourth-order valence-electron chi connectivity index (χ4n) is 1.16. The van der Waals surface area contributed by atoms with Gasteiger partial charge in [-0.05, 0) is 12.1 Å². The van der Waals surface area contributed by atoms with Crippen molar-refractivity contribution in [2.24, 2.45) is 0 Å². The van der Waals surface area contributed by atoms with Crippen LogP contribution in [0.1, 0.15) is 5.89 Å². The fourth-order valence-corrected chi connectivity index (χ4v) is 1.38. The molecule has 82 valence electrons. The summed E-state index contributed by atoms with van der Waals surface area (Å²) >= 11 is 5.96. The molecule has 0 N–H and O–H groups in total. The average Bonchev–Trinajstić information content (AvgIpc) is 2.75. The summed E-state index contributed by atoms with van der Waals surface area (Å²) in [5, 5.41) is 8.04. The zero-order valence-corrected chi connectivity index (χ0v) is 8.85. The third kappa shape index (κ3) is 2.20. The molecule has 0 saturated carbocycles. The Morgan fingerprint density at radius 1 is 1.38 bits per heavy atom. The maximum absolute atomic E-state index is 9.98. The van der Waals surface area contributed by atoms with Crippen LogP contribution >= 0.6 is 11.6 Å². The van der Waals surface area contributed by atoms with E-state index in [2.05, 4.69) is 14.9 Å². The number of carbonyl (C=O) groups is 1. The molecule has 0 aliphatic rings. The van der Waals surface area contributed by atoms with Crippen molar-refractivity contribution in [3.8, 4) is 11.5 Å². The van der Waals surface area contributed by atoms with Gasteiger partial charge in [-0.3, -0.25) is 4.79 Å². The van der Waals surface area contributed by atoms with Gasteiger partial charge in [-0.15, -0.1) is 10.2 Å². The van der Waals surface area contributed by atoms with Crippen molar-refractivity contribution in [3.05, 3.63) is 35.2 Å². The van der Waals surface area contributed by atoms with Crippen LogP contribution in [-0.4, -0.2) is 16.7 Å². The molecule has 0 bridgehead atoms. The summed E-state index contributed by atoms with van der Waals surface area (Å²) in [6.07, 6.45) is 0. The van der Waals surface area contributed by atoms with Crippen LogP contribution in [0.15, 0.2) is 28.7 Å². The number of rotatable bonds is 4. The molecule has 0 atom stereocenters. The summed E-state index contributed by atoms with van der Waals surface area (Å²) in [5.41, 5.74) is 0.647. The summed E-state index contributed by atoms with van der Waals surface area (Å²) in [6.45, 7) is 0.278. The van der Waals surface area contributed by atoms with Crippen molar-refractivity contribution >= 4 is 18.1 Å². The molecular formula is C10H7ClN2O3. The third-order valence-corrected chi connectivity index (χ3v) is 2.18. The summed E-state index contributed by atoms with van der Waals surface area (Å²) in [5.74, 6) is 0.525. The van der Waals surface area contributed by atoms with Crippen LogP contribution in [0, 0.1) is 0 Å². The number of hydrogen-bond donors (Lipinski definition) is 0. The topological polar surface area (TPSA) is 65.2 Å². The van der Waals surface area contributed by atoms with Gasteiger partial charge in [0.1, 0.15) is 0 Å². The summed E-state index contributed by atoms with van der Waals surface area (Å²) < 4.78 is 9.75. The highest BCUT2D eigenvalue weighted by atomic mass is 35.5. The highest BCUT2D eigenvalue weighted by Gasteiger charge is 2.11. The number of ether oxygens (including phenoxy) is 1. The third-order valence-electron chi connectivity index (χ3n) is 1.85. The first kappa shape index (κ1) is 10.6. The molecule has 0 amide bonds. The second-order valence-electron chi connectivity index (χ2n) is 2.89. The van der Waals surface area contributed by atoms with Gasteiger partial charge in [-0.1, -0.05) is 23.7 Å². The Bertz CT molecular complexity index is 498. The predicted octanol–water partition coefficient (Wildman–Crippen LogP) is 2.06. The van der Waals surface area contributed by atoms with Crippen LogP contribution in [-0.2, 0) is 16.1 Å². The Hall–Kier alpha value is -1.88. The molecule has 0 unspecified atom stereocenters. The van der Waals surface area contributed by atoms with Crippen LogP contribution in [0.5, 0.6) is 0 Å². The van der Waals surface area contributed by atoms with E-state index in [0.29, 0.717) is 22.9 Å². The van der Waals surface area contributed by atoms with E-state index < -0.39 is 0 Å². The lowest BCUT2D eigenvalue weighted by Crippen LogP contribution is -1.89. The van der Waals surface area contributed by atoms with E-state index >= 15 is 0 Å². The molecule has 0 radical (unpaired) electrons. The van der Waals surface area contributed by atoms with Crippen LogP contribution in [0.3, 0.4) is 0 Å². The second kappa shape index (κ2) is 4.76. The first-order valence-corrected chi connectivity index (χ1v) is 4.81. The molecule has 0 aliphatic carbocycles. The Morgan fingerprint density at radius 2 is 2.19 bits per heavy atom. The molecule has 2 aromatic rings. The Labute approximate surface area is 96.0 Å². The van der Waals surface area contributed by atoms with Gasteiger partial charge in [0.2, 0.25) is 5.89 Å². The van der Waals surface area contributed by atoms with Gasteiger partial charge in [-0.25, -0.2) is 0 Å². The molecule has 0 saturated heterocycles. The van der Waals surface area contributed by atoms with Gasteiger partial charge < -0.3 is 9.15 Å². The largest absolute Gasteiger partial charge is 0.458 e. The first-order valence-electron chi connectivity index (χ1n) is 4.44. The molecule has 6 heteroatoms. The molecule has 0 fully saturated rings. The first-order chi connectivity index (χ1) is 7.81. The van der Waals surface area contributed by atoms with Gasteiger partial charge in [0.25, 0.3) is 12.4 Å². The standard InChI is InChI=1S/C10H7ClN2O3/c11-8-4-2-1-3-7(8)10-13-12-9(16-10)5-15-6-14/h1-4,6H,5H2. The van der Waals surface area contributed by atoms with Gasteiger partial charge in [0.05, 0.1) is 10.6 Å². The molecule has 1 aromatic heterocycles. The van der Waals surface area contributed by atoms with E-state index in [-0.39, 0.29) is 12.5 Å². The highest BCUT2D eigenvalue weighted by molar-refractivity contribution is 6.33. The smallest absolute Gasteiger partial charge is 0.293 e. The van der Waals surface area contributed by atoms with Crippen molar-refractivity contribution in [1.29, 1.82) is 0 Å². The van der Waals surface area contributed by atoms with Gasteiger partial charge in [0.15, 0.2) is 6.61 Å². The van der Waals surface area contributed by atoms with E-state index in [0.717, 1.165) is 0 Å². The lowest BCUT2D eigenvalue weighted by molar-refractivity contribution is -0.130. The summed E-state index contributed by atoms with van der Waals surface area (Å²) in [7, 11) is 0. The van der Waals surface area contributed by atoms with Gasteiger partial charge in [0, 0.05) is 0 Å². The number of halogens is 1. The van der Waals surface area contributed by atoms with Crippen LogP contribution in [0.2, 0.25) is 5.02 Å². The highest BCUT2D eigenvalue weighted by Crippen LogP contribution is 2.26. The van der Waals surface area contributed by atoms with Crippen molar-refractivity contribution in [2.45, 2.75) is 6.61 Å². The maximum Gasteiger partial charge on any atom is 0.293 e. The van der Waals surface area contributed by atoms with E-state index in [1.807, 2.05) is 6.07 Å². The van der Waals surface area contributed by atoms with E-state index in [4.69, 9.17) is 16.0 Å². The predicted molar refractivity (Wildman–Crippen MR) is 55.6 cm³/mol. The Kier molecular flexibility index (Phi) is 3.16. The molecular weight excluding hydrogens is 232 g/mol. The zero-order valence-electron chi connectivity index (χ0n) is 8.09. The van der Waals surface area contributed by atoms with Gasteiger partial charge in [-0.2, -0.15) is 0 Å². The fraction of sp³-hybridized carbons (Fsp3) is 0.100. The van der Waals surface area contributed by atoms with Crippen molar-refractivity contribution < 1.29 is 13.9 Å². The molecule has 1 aromatic carbocycles. The Balaban J connectivity index is 2.25. The number of benzene rings is 1. The monoisotopic (exact) mass is 238 g/mol. The van der Waals surface area contributed by atoms with Crippen LogP contribution < -0.4 is 0 Å². The normalized spacial score (nSPS) is 10.1. The van der Waals surface area contributed by atoms with Crippen LogP contribution in [0.4, 0.5) is 0 Å². The number of aromatic nitrogens is 2. The Morgan fingerprint density at radius 3 is 2.94 bits per heavy atom. The van der Waals surface area contributed by atoms with Crippen LogP contribution in [0.25, 0.3) is 11.5 Å². The SMILES string of the molecule is O=COCc1nnc(-c2ccccc2Cl)o1. The van der Waals surface area contributed by atoms with E-state index in [1.165, 1.54) is 0 Å². The number of nitrogens with zero attached hydrogens (tertiary/aromatic N) is 2.